The van der Waals surface area contributed by atoms with Crippen LogP contribution in [0.2, 0.25) is 0 Å². The predicted octanol–water partition coefficient (Wildman–Crippen LogP) is 1.39. The highest BCUT2D eigenvalue weighted by Gasteiger charge is 2.24. The summed E-state index contributed by atoms with van der Waals surface area (Å²) in [6.45, 7) is 1.38. The first-order valence-electron chi connectivity index (χ1n) is 6.16. The fraction of sp³-hybridized carbons (Fsp3) is 0.462. The molecule has 0 bridgehead atoms. The molecule has 1 saturated heterocycles. The number of piperidine rings is 1. The van der Waals surface area contributed by atoms with E-state index in [4.69, 9.17) is 5.11 Å². The molecule has 1 aromatic rings. The Labute approximate surface area is 112 Å². The van der Waals surface area contributed by atoms with Crippen molar-refractivity contribution in [3.05, 3.63) is 24.3 Å². The van der Waals surface area contributed by atoms with Gasteiger partial charge >= 0.3 is 5.97 Å². The van der Waals surface area contributed by atoms with Crippen LogP contribution in [0.1, 0.15) is 12.8 Å². The molecule has 0 aliphatic carbocycles. The predicted molar refractivity (Wildman–Crippen MR) is 72.1 cm³/mol. The second-order valence-corrected chi connectivity index (χ2v) is 6.88. The molecule has 0 saturated carbocycles. The zero-order valence-corrected chi connectivity index (χ0v) is 11.6. The van der Waals surface area contributed by atoms with Gasteiger partial charge in [-0.25, -0.2) is 8.42 Å². The lowest BCUT2D eigenvalue weighted by Gasteiger charge is -2.32. The van der Waals surface area contributed by atoms with Gasteiger partial charge in [-0.05, 0) is 37.1 Å². The summed E-state index contributed by atoms with van der Waals surface area (Å²) in [4.78, 5) is 13.3. The molecule has 1 heterocycles. The minimum absolute atomic E-state index is 0.258. The lowest BCUT2D eigenvalue weighted by molar-refractivity contribution is -0.142. The van der Waals surface area contributed by atoms with Gasteiger partial charge in [0, 0.05) is 25.0 Å². The number of carbonyl (C=O) groups is 1. The fourth-order valence-corrected chi connectivity index (χ4v) is 2.92. The number of aliphatic carboxylic acids is 1. The second kappa shape index (κ2) is 5.21. The van der Waals surface area contributed by atoms with Crippen molar-refractivity contribution in [2.75, 3.05) is 24.2 Å². The van der Waals surface area contributed by atoms with Gasteiger partial charge in [-0.2, -0.15) is 0 Å². The highest BCUT2D eigenvalue weighted by molar-refractivity contribution is 7.90. The van der Waals surface area contributed by atoms with Crippen molar-refractivity contribution in [1.82, 2.24) is 0 Å². The van der Waals surface area contributed by atoms with Gasteiger partial charge in [0.2, 0.25) is 0 Å². The van der Waals surface area contributed by atoms with Gasteiger partial charge in [0.1, 0.15) is 0 Å². The highest BCUT2D eigenvalue weighted by atomic mass is 32.2. The number of nitrogens with zero attached hydrogens (tertiary/aromatic N) is 1. The zero-order valence-electron chi connectivity index (χ0n) is 10.7. The Morgan fingerprint density at radius 3 is 2.16 bits per heavy atom. The molecule has 0 radical (unpaired) electrons. The van der Waals surface area contributed by atoms with Crippen LogP contribution in [-0.4, -0.2) is 38.8 Å². The van der Waals surface area contributed by atoms with E-state index < -0.39 is 15.8 Å². The molecule has 1 aliphatic rings. The first-order valence-corrected chi connectivity index (χ1v) is 8.05. The molecular weight excluding hydrogens is 266 g/mol. The van der Waals surface area contributed by atoms with Crippen LogP contribution in [0.3, 0.4) is 0 Å². The van der Waals surface area contributed by atoms with Gasteiger partial charge in [-0.1, -0.05) is 0 Å². The number of hydrogen-bond donors (Lipinski definition) is 1. The summed E-state index contributed by atoms with van der Waals surface area (Å²) in [6.07, 6.45) is 2.44. The third-order valence-corrected chi connectivity index (χ3v) is 4.60. The average Bonchev–Trinajstić information content (AvgIpc) is 2.38. The third kappa shape index (κ3) is 3.26. The second-order valence-electron chi connectivity index (χ2n) is 4.87. The van der Waals surface area contributed by atoms with E-state index in [1.165, 1.54) is 6.26 Å². The molecule has 1 fully saturated rings. The lowest BCUT2D eigenvalue weighted by atomic mass is 9.97. The van der Waals surface area contributed by atoms with Crippen molar-refractivity contribution in [3.63, 3.8) is 0 Å². The molecule has 0 spiro atoms. The molecule has 1 aromatic carbocycles. The van der Waals surface area contributed by atoms with Gasteiger partial charge in [0.05, 0.1) is 10.8 Å². The monoisotopic (exact) mass is 283 g/mol. The Bertz CT molecular complexity index is 557. The molecule has 104 valence electrons. The Hall–Kier alpha value is -1.56. The molecule has 19 heavy (non-hydrogen) atoms. The molecular formula is C13H17NO4S. The van der Waals surface area contributed by atoms with Gasteiger partial charge in [-0.15, -0.1) is 0 Å². The van der Waals surface area contributed by atoms with Gasteiger partial charge < -0.3 is 10.0 Å². The third-order valence-electron chi connectivity index (χ3n) is 3.47. The van der Waals surface area contributed by atoms with Crippen LogP contribution in [0.15, 0.2) is 29.2 Å². The van der Waals surface area contributed by atoms with E-state index in [-0.39, 0.29) is 5.92 Å². The van der Waals surface area contributed by atoms with E-state index in [1.807, 2.05) is 0 Å². The smallest absolute Gasteiger partial charge is 0.306 e. The van der Waals surface area contributed by atoms with E-state index in [1.54, 1.807) is 24.3 Å². The fourth-order valence-electron chi connectivity index (χ4n) is 2.29. The van der Waals surface area contributed by atoms with Gasteiger partial charge in [0.15, 0.2) is 9.84 Å². The molecule has 1 aliphatic heterocycles. The first kappa shape index (κ1) is 13.9. The Morgan fingerprint density at radius 2 is 1.74 bits per heavy atom. The quantitative estimate of drug-likeness (QED) is 0.907. The number of benzene rings is 1. The van der Waals surface area contributed by atoms with Crippen LogP contribution in [0.4, 0.5) is 5.69 Å². The number of carboxylic acid groups (broad SMARTS) is 1. The first-order chi connectivity index (χ1) is 8.88. The lowest BCUT2D eigenvalue weighted by Crippen LogP contribution is -2.36. The van der Waals surface area contributed by atoms with Crippen LogP contribution in [0, 0.1) is 5.92 Å². The van der Waals surface area contributed by atoms with Crippen LogP contribution in [0.5, 0.6) is 0 Å². The molecule has 0 amide bonds. The van der Waals surface area contributed by atoms with E-state index in [9.17, 15) is 13.2 Å². The van der Waals surface area contributed by atoms with Gasteiger partial charge in [-0.3, -0.25) is 4.79 Å². The van der Waals surface area contributed by atoms with E-state index in [0.29, 0.717) is 30.8 Å². The van der Waals surface area contributed by atoms with Gasteiger partial charge in [0.25, 0.3) is 0 Å². The maximum atomic E-state index is 11.4. The molecule has 6 heteroatoms. The summed E-state index contributed by atoms with van der Waals surface area (Å²) in [7, 11) is -3.17. The summed E-state index contributed by atoms with van der Waals surface area (Å²) in [6, 6.07) is 6.73. The van der Waals surface area contributed by atoms with Crippen molar-refractivity contribution in [1.29, 1.82) is 0 Å². The van der Waals surface area contributed by atoms with Crippen molar-refractivity contribution in [2.24, 2.45) is 5.92 Å². The number of hydrogen-bond acceptors (Lipinski definition) is 4. The molecule has 1 N–H and O–H groups in total. The zero-order chi connectivity index (χ0) is 14.0. The Kier molecular flexibility index (Phi) is 3.80. The van der Waals surface area contributed by atoms with E-state index in [2.05, 4.69) is 4.90 Å². The van der Waals surface area contributed by atoms with Crippen molar-refractivity contribution in [2.45, 2.75) is 17.7 Å². The number of sulfone groups is 1. The Morgan fingerprint density at radius 1 is 1.21 bits per heavy atom. The van der Waals surface area contributed by atoms with Crippen molar-refractivity contribution >= 4 is 21.5 Å². The topological polar surface area (TPSA) is 74.7 Å². The molecule has 2 rings (SSSR count). The number of anilines is 1. The number of rotatable bonds is 3. The maximum absolute atomic E-state index is 11.4. The van der Waals surface area contributed by atoms with Crippen LogP contribution in [0.25, 0.3) is 0 Å². The van der Waals surface area contributed by atoms with Crippen LogP contribution >= 0.6 is 0 Å². The van der Waals surface area contributed by atoms with E-state index >= 15 is 0 Å². The minimum Gasteiger partial charge on any atom is -0.481 e. The van der Waals surface area contributed by atoms with Crippen LogP contribution < -0.4 is 4.90 Å². The van der Waals surface area contributed by atoms with Crippen molar-refractivity contribution < 1.29 is 18.3 Å². The number of carboxylic acids is 1. The average molecular weight is 283 g/mol. The SMILES string of the molecule is CS(=O)(=O)c1ccc(N2CCC(C(=O)O)CC2)cc1. The summed E-state index contributed by atoms with van der Waals surface area (Å²) in [5.41, 5.74) is 0.941. The molecule has 0 atom stereocenters. The Balaban J connectivity index is 2.06. The maximum Gasteiger partial charge on any atom is 0.306 e. The standard InChI is InChI=1S/C13H17NO4S/c1-19(17,18)12-4-2-11(3-5-12)14-8-6-10(7-9-14)13(15)16/h2-5,10H,6-9H2,1H3,(H,15,16). The summed E-state index contributed by atoms with van der Waals surface area (Å²) in [5, 5.41) is 8.94. The van der Waals surface area contributed by atoms with Crippen molar-refractivity contribution in [3.8, 4) is 0 Å². The largest absolute Gasteiger partial charge is 0.481 e. The molecule has 0 aromatic heterocycles. The molecule has 0 unspecified atom stereocenters. The summed E-state index contributed by atoms with van der Waals surface area (Å²) in [5.74, 6) is -0.987. The normalized spacial score (nSPS) is 17.4. The highest BCUT2D eigenvalue weighted by Crippen LogP contribution is 2.24. The summed E-state index contributed by atoms with van der Waals surface area (Å²) >= 11 is 0. The minimum atomic E-state index is -3.17. The van der Waals surface area contributed by atoms with E-state index in [0.717, 1.165) is 5.69 Å². The molecule has 5 nitrogen and oxygen atoms in total. The van der Waals surface area contributed by atoms with Crippen LogP contribution in [-0.2, 0) is 14.6 Å². The summed E-state index contributed by atoms with van der Waals surface area (Å²) < 4.78 is 22.7.